The fourth-order valence-electron chi connectivity index (χ4n) is 2.29. The molecule has 1 aromatic rings. The van der Waals surface area contributed by atoms with Crippen molar-refractivity contribution in [2.24, 2.45) is 0 Å². The van der Waals surface area contributed by atoms with Gasteiger partial charge in [0.15, 0.2) is 9.84 Å². The predicted molar refractivity (Wildman–Crippen MR) is 75.1 cm³/mol. The zero-order valence-corrected chi connectivity index (χ0v) is 13.1. The Morgan fingerprint density at radius 2 is 2.24 bits per heavy atom. The minimum absolute atomic E-state index is 0.0436. The Kier molecular flexibility index (Phi) is 3.83. The summed E-state index contributed by atoms with van der Waals surface area (Å²) in [6.07, 6.45) is 1.90. The van der Waals surface area contributed by atoms with Crippen molar-refractivity contribution in [3.8, 4) is 0 Å². The lowest BCUT2D eigenvalue weighted by molar-refractivity contribution is -0.123. The van der Waals surface area contributed by atoms with E-state index in [1.165, 1.54) is 10.9 Å². The molecule has 1 fully saturated rings. The van der Waals surface area contributed by atoms with E-state index in [2.05, 4.69) is 15.6 Å². The van der Waals surface area contributed by atoms with Crippen LogP contribution in [0, 0.1) is 0 Å². The van der Waals surface area contributed by atoms with Crippen molar-refractivity contribution in [3.05, 3.63) is 11.9 Å². The molecule has 1 aliphatic rings. The first-order valence-corrected chi connectivity index (χ1v) is 8.46. The van der Waals surface area contributed by atoms with Crippen LogP contribution in [0.5, 0.6) is 0 Å². The van der Waals surface area contributed by atoms with Crippen molar-refractivity contribution in [2.75, 3.05) is 11.5 Å². The van der Waals surface area contributed by atoms with E-state index in [1.807, 2.05) is 0 Å². The predicted octanol–water partition coefficient (Wildman–Crippen LogP) is -0.801. The number of aromatic nitrogens is 3. The first-order valence-electron chi connectivity index (χ1n) is 6.64. The van der Waals surface area contributed by atoms with Gasteiger partial charge in [0.05, 0.1) is 23.2 Å². The molecule has 9 heteroatoms. The summed E-state index contributed by atoms with van der Waals surface area (Å²) in [5, 5.41) is 20.1. The van der Waals surface area contributed by atoms with Crippen LogP contribution in [-0.4, -0.2) is 51.5 Å². The van der Waals surface area contributed by atoms with Crippen LogP contribution in [0.1, 0.15) is 32.9 Å². The van der Waals surface area contributed by atoms with Crippen LogP contribution in [0.25, 0.3) is 0 Å². The largest absolute Gasteiger partial charge is 0.384 e. The Morgan fingerprint density at radius 3 is 2.71 bits per heavy atom. The number of nitrogens with one attached hydrogen (secondary N) is 1. The molecule has 1 atom stereocenters. The molecule has 0 radical (unpaired) electrons. The standard InChI is InChI=1S/C12H20N4O4S/c1-11(2,18)9-6-16(15-14-9)7-10(17)13-12(3)4-5-21(19,20)8-12/h6,18H,4-5,7-8H2,1-3H3,(H,13,17). The van der Waals surface area contributed by atoms with Gasteiger partial charge in [-0.15, -0.1) is 5.10 Å². The maximum absolute atomic E-state index is 12.0. The highest BCUT2D eigenvalue weighted by Crippen LogP contribution is 2.22. The molecule has 118 valence electrons. The number of carbonyl (C=O) groups is 1. The number of amides is 1. The maximum Gasteiger partial charge on any atom is 0.242 e. The lowest BCUT2D eigenvalue weighted by Crippen LogP contribution is -2.48. The van der Waals surface area contributed by atoms with Crippen molar-refractivity contribution in [1.29, 1.82) is 0 Å². The molecule has 0 aliphatic carbocycles. The molecule has 0 bridgehead atoms. The number of carbonyl (C=O) groups excluding carboxylic acids is 1. The van der Waals surface area contributed by atoms with E-state index in [-0.39, 0.29) is 24.0 Å². The van der Waals surface area contributed by atoms with Gasteiger partial charge in [-0.1, -0.05) is 5.21 Å². The third kappa shape index (κ3) is 4.01. The SMILES string of the molecule is CC1(NC(=O)Cn2cc(C(C)(C)O)nn2)CCS(=O)(=O)C1. The average molecular weight is 316 g/mol. The number of rotatable bonds is 4. The quantitative estimate of drug-likeness (QED) is 0.751. The van der Waals surface area contributed by atoms with Gasteiger partial charge in [0.1, 0.15) is 17.8 Å². The highest BCUT2D eigenvalue weighted by atomic mass is 32.2. The molecule has 1 amide bonds. The molecule has 8 nitrogen and oxygen atoms in total. The Bertz CT molecular complexity index is 646. The highest BCUT2D eigenvalue weighted by Gasteiger charge is 2.39. The lowest BCUT2D eigenvalue weighted by Gasteiger charge is -2.23. The number of hydrogen-bond acceptors (Lipinski definition) is 6. The van der Waals surface area contributed by atoms with Gasteiger partial charge < -0.3 is 10.4 Å². The summed E-state index contributed by atoms with van der Waals surface area (Å²) in [6.45, 7) is 4.80. The molecule has 1 aromatic heterocycles. The molecule has 0 aromatic carbocycles. The summed E-state index contributed by atoms with van der Waals surface area (Å²) in [5.41, 5.74) is -1.49. The highest BCUT2D eigenvalue weighted by molar-refractivity contribution is 7.91. The van der Waals surface area contributed by atoms with Gasteiger partial charge in [0.2, 0.25) is 5.91 Å². The molecular weight excluding hydrogens is 296 g/mol. The van der Waals surface area contributed by atoms with Crippen LogP contribution in [0.3, 0.4) is 0 Å². The number of hydrogen-bond donors (Lipinski definition) is 2. The Balaban J connectivity index is 1.98. The summed E-state index contributed by atoms with van der Waals surface area (Å²) >= 11 is 0. The summed E-state index contributed by atoms with van der Waals surface area (Å²) in [7, 11) is -3.07. The number of nitrogens with zero attached hydrogens (tertiary/aromatic N) is 3. The van der Waals surface area contributed by atoms with Gasteiger partial charge >= 0.3 is 0 Å². The van der Waals surface area contributed by atoms with E-state index in [1.54, 1.807) is 20.8 Å². The molecule has 21 heavy (non-hydrogen) atoms. The molecule has 1 unspecified atom stereocenters. The van der Waals surface area contributed by atoms with Crippen molar-refractivity contribution in [1.82, 2.24) is 20.3 Å². The first-order chi connectivity index (χ1) is 9.49. The third-order valence-corrected chi connectivity index (χ3v) is 5.32. The van der Waals surface area contributed by atoms with Crippen LogP contribution in [0.4, 0.5) is 0 Å². The number of aliphatic hydroxyl groups is 1. The summed E-state index contributed by atoms with van der Waals surface area (Å²) < 4.78 is 24.3. The third-order valence-electron chi connectivity index (χ3n) is 3.42. The smallest absolute Gasteiger partial charge is 0.242 e. The fourth-order valence-corrected chi connectivity index (χ4v) is 4.38. The van der Waals surface area contributed by atoms with E-state index in [0.29, 0.717) is 12.1 Å². The fraction of sp³-hybridized carbons (Fsp3) is 0.750. The minimum Gasteiger partial charge on any atom is -0.384 e. The molecule has 2 heterocycles. The van der Waals surface area contributed by atoms with E-state index in [0.717, 1.165) is 0 Å². The summed E-state index contributed by atoms with van der Waals surface area (Å²) in [5.74, 6) is -0.282. The van der Waals surface area contributed by atoms with Gasteiger partial charge in [0.25, 0.3) is 0 Å². The van der Waals surface area contributed by atoms with Crippen LogP contribution < -0.4 is 5.32 Å². The number of sulfone groups is 1. The van der Waals surface area contributed by atoms with Crippen LogP contribution in [0.15, 0.2) is 6.20 Å². The van der Waals surface area contributed by atoms with Crippen LogP contribution >= 0.6 is 0 Å². The van der Waals surface area contributed by atoms with Gasteiger partial charge in [-0.3, -0.25) is 4.79 Å². The van der Waals surface area contributed by atoms with Crippen molar-refractivity contribution in [3.63, 3.8) is 0 Å². The zero-order valence-electron chi connectivity index (χ0n) is 12.3. The normalized spacial score (nSPS) is 25.0. The molecule has 2 rings (SSSR count). The van der Waals surface area contributed by atoms with Gasteiger partial charge in [0, 0.05) is 0 Å². The summed E-state index contributed by atoms with van der Waals surface area (Å²) in [4.78, 5) is 12.0. The van der Waals surface area contributed by atoms with Gasteiger partial charge in [-0.05, 0) is 27.2 Å². The minimum atomic E-state index is -3.07. The Labute approximate surface area is 123 Å². The van der Waals surface area contributed by atoms with E-state index >= 15 is 0 Å². The monoisotopic (exact) mass is 316 g/mol. The van der Waals surface area contributed by atoms with Crippen molar-refractivity contribution in [2.45, 2.75) is 44.9 Å². The second-order valence-corrected chi connectivity index (χ2v) is 8.50. The van der Waals surface area contributed by atoms with Gasteiger partial charge in [-0.25, -0.2) is 13.1 Å². The average Bonchev–Trinajstić information content (AvgIpc) is 2.82. The van der Waals surface area contributed by atoms with E-state index < -0.39 is 21.0 Å². The van der Waals surface area contributed by atoms with Crippen molar-refractivity contribution >= 4 is 15.7 Å². The molecule has 0 saturated carbocycles. The van der Waals surface area contributed by atoms with Gasteiger partial charge in [-0.2, -0.15) is 0 Å². The maximum atomic E-state index is 12.0. The van der Waals surface area contributed by atoms with Crippen LogP contribution in [-0.2, 0) is 26.8 Å². The lowest BCUT2D eigenvalue weighted by atomic mass is 10.0. The second-order valence-electron chi connectivity index (χ2n) is 6.31. The molecule has 0 spiro atoms. The molecule has 2 N–H and O–H groups in total. The van der Waals surface area contributed by atoms with E-state index in [4.69, 9.17) is 0 Å². The topological polar surface area (TPSA) is 114 Å². The zero-order chi connectivity index (χ0) is 15.9. The van der Waals surface area contributed by atoms with Crippen molar-refractivity contribution < 1.29 is 18.3 Å². The molecule has 1 saturated heterocycles. The molecule has 1 aliphatic heterocycles. The Hall–Kier alpha value is -1.48. The molecular formula is C12H20N4O4S. The summed E-state index contributed by atoms with van der Waals surface area (Å²) in [6, 6.07) is 0. The first kappa shape index (κ1) is 15.9. The Morgan fingerprint density at radius 1 is 1.57 bits per heavy atom. The second kappa shape index (κ2) is 5.06. The van der Waals surface area contributed by atoms with Crippen LogP contribution in [0.2, 0.25) is 0 Å². The van der Waals surface area contributed by atoms with E-state index in [9.17, 15) is 18.3 Å².